The lowest BCUT2D eigenvalue weighted by atomic mass is 10.5. The van der Waals surface area contributed by atoms with E-state index in [1.807, 2.05) is 0 Å². The monoisotopic (exact) mass is 160 g/mol. The Balaban J connectivity index is 3.09. The maximum absolute atomic E-state index is 3.40. The van der Waals surface area contributed by atoms with Gasteiger partial charge in [-0.3, -0.25) is 4.90 Å². The zero-order valence-electron chi connectivity index (χ0n) is 7.48. The van der Waals surface area contributed by atoms with E-state index >= 15 is 0 Å². The third kappa shape index (κ3) is 4.96. The first-order chi connectivity index (χ1) is 4.85. The van der Waals surface area contributed by atoms with Crippen LogP contribution in [0.4, 0.5) is 0 Å². The number of rotatable bonds is 6. The fourth-order valence-electron chi connectivity index (χ4n) is 0.861. The fraction of sp³-hybridized carbons (Fsp3) is 1.00. The fourth-order valence-corrected chi connectivity index (χ4v) is 1.21. The van der Waals surface area contributed by atoms with Crippen molar-refractivity contribution in [1.82, 2.24) is 10.2 Å². The topological polar surface area (TPSA) is 15.3 Å². The highest BCUT2D eigenvalue weighted by Crippen LogP contribution is 1.82. The van der Waals surface area contributed by atoms with Gasteiger partial charge in [0.15, 0.2) is 0 Å². The molecule has 0 saturated carbocycles. The van der Waals surface area contributed by atoms with E-state index in [9.17, 15) is 0 Å². The molecular formula is C7H20N2Si. The molecule has 0 aromatic heterocycles. The maximum atomic E-state index is 3.40. The van der Waals surface area contributed by atoms with E-state index in [1.54, 1.807) is 0 Å². The number of nitrogens with one attached hydrogen (secondary N) is 1. The highest BCUT2D eigenvalue weighted by atomic mass is 28.1. The van der Waals surface area contributed by atoms with Gasteiger partial charge >= 0.3 is 0 Å². The van der Waals surface area contributed by atoms with Crippen LogP contribution in [-0.2, 0) is 0 Å². The van der Waals surface area contributed by atoms with Crippen LogP contribution in [0.15, 0.2) is 0 Å². The molecular weight excluding hydrogens is 140 g/mol. The summed E-state index contributed by atoms with van der Waals surface area (Å²) in [6.07, 6.45) is 0. The van der Waals surface area contributed by atoms with Crippen molar-refractivity contribution in [3.63, 3.8) is 0 Å². The van der Waals surface area contributed by atoms with Crippen LogP contribution in [0, 0.1) is 0 Å². The van der Waals surface area contributed by atoms with E-state index < -0.39 is 0 Å². The highest BCUT2D eigenvalue weighted by molar-refractivity contribution is 6.08. The summed E-state index contributed by atoms with van der Waals surface area (Å²) in [5, 5.41) is 3.40. The minimum atomic E-state index is 1.06. The average molecular weight is 160 g/mol. The summed E-state index contributed by atoms with van der Waals surface area (Å²) in [7, 11) is 1.32. The quantitative estimate of drug-likeness (QED) is 0.325. The summed E-state index contributed by atoms with van der Waals surface area (Å²) in [4.78, 5) is 2.39. The molecule has 0 unspecified atom stereocenters. The average Bonchev–Trinajstić information content (AvgIpc) is 1.99. The summed E-state index contributed by atoms with van der Waals surface area (Å²) in [5.41, 5.74) is 0. The lowest BCUT2D eigenvalue weighted by molar-refractivity contribution is 0.282. The Morgan fingerprint density at radius 1 is 1.30 bits per heavy atom. The number of nitrogens with zero attached hydrogens (tertiary/aromatic N) is 1. The summed E-state index contributed by atoms with van der Waals surface area (Å²) >= 11 is 0. The van der Waals surface area contributed by atoms with Gasteiger partial charge in [0.05, 0.1) is 0 Å². The summed E-state index contributed by atoms with van der Waals surface area (Å²) < 4.78 is 0. The van der Waals surface area contributed by atoms with Crippen molar-refractivity contribution in [2.24, 2.45) is 0 Å². The van der Waals surface area contributed by atoms with Gasteiger partial charge in [-0.05, 0) is 19.6 Å². The highest BCUT2D eigenvalue weighted by Gasteiger charge is 1.94. The van der Waals surface area contributed by atoms with Crippen molar-refractivity contribution in [1.29, 1.82) is 0 Å². The van der Waals surface area contributed by atoms with Gasteiger partial charge in [0.1, 0.15) is 0 Å². The van der Waals surface area contributed by atoms with Crippen molar-refractivity contribution in [2.75, 3.05) is 26.3 Å². The second-order valence-electron chi connectivity index (χ2n) is 2.46. The van der Waals surface area contributed by atoms with Crippen LogP contribution in [0.5, 0.6) is 0 Å². The smallest absolute Gasteiger partial charge is 0.0480 e. The van der Waals surface area contributed by atoms with Gasteiger partial charge in [-0.2, -0.15) is 0 Å². The molecule has 0 rings (SSSR count). The van der Waals surface area contributed by atoms with Crippen molar-refractivity contribution >= 4 is 10.2 Å². The van der Waals surface area contributed by atoms with Gasteiger partial charge in [0.25, 0.3) is 0 Å². The molecule has 0 aromatic carbocycles. The zero-order valence-corrected chi connectivity index (χ0v) is 9.48. The standard InChI is InChI=1S/C7H20N2Si/c1-3-9(4-2)7-8-5-6-10/h8H,3-7H2,1-2,10H3. The van der Waals surface area contributed by atoms with Gasteiger partial charge in [-0.25, -0.2) is 0 Å². The SMILES string of the molecule is CCN(CC)CNCC[SiH3]. The molecule has 0 aromatic rings. The van der Waals surface area contributed by atoms with Crippen LogP contribution < -0.4 is 5.32 Å². The first-order valence-electron chi connectivity index (χ1n) is 4.28. The molecule has 3 heteroatoms. The molecule has 0 radical (unpaired) electrons. The number of hydrogen-bond acceptors (Lipinski definition) is 2. The van der Waals surface area contributed by atoms with Crippen LogP contribution in [0.2, 0.25) is 6.04 Å². The lowest BCUT2D eigenvalue weighted by Gasteiger charge is -2.17. The van der Waals surface area contributed by atoms with Gasteiger partial charge in [0, 0.05) is 16.9 Å². The van der Waals surface area contributed by atoms with E-state index in [1.165, 1.54) is 22.8 Å². The Morgan fingerprint density at radius 3 is 2.30 bits per heavy atom. The Labute approximate surface area is 67.4 Å². The summed E-state index contributed by atoms with van der Waals surface area (Å²) in [6.45, 7) is 8.98. The largest absolute Gasteiger partial charge is 0.305 e. The van der Waals surface area contributed by atoms with E-state index in [0.717, 1.165) is 19.8 Å². The maximum Gasteiger partial charge on any atom is 0.0480 e. The molecule has 1 N–H and O–H groups in total. The molecule has 0 atom stereocenters. The molecule has 0 heterocycles. The predicted molar refractivity (Wildman–Crippen MR) is 50.5 cm³/mol. The third-order valence-electron chi connectivity index (χ3n) is 1.66. The van der Waals surface area contributed by atoms with E-state index in [2.05, 4.69) is 24.1 Å². The van der Waals surface area contributed by atoms with Crippen molar-refractivity contribution in [2.45, 2.75) is 19.9 Å². The Hall–Kier alpha value is 0.137. The molecule has 0 saturated heterocycles. The van der Waals surface area contributed by atoms with E-state index in [-0.39, 0.29) is 0 Å². The van der Waals surface area contributed by atoms with Gasteiger partial charge in [-0.1, -0.05) is 19.9 Å². The molecule has 0 aliphatic rings. The molecule has 2 nitrogen and oxygen atoms in total. The predicted octanol–water partition coefficient (Wildman–Crippen LogP) is -0.341. The van der Waals surface area contributed by atoms with Crippen LogP contribution in [-0.4, -0.2) is 41.4 Å². The van der Waals surface area contributed by atoms with Gasteiger partial charge in [0.2, 0.25) is 0 Å². The van der Waals surface area contributed by atoms with Crippen LogP contribution in [0.25, 0.3) is 0 Å². The van der Waals surface area contributed by atoms with E-state index in [0.29, 0.717) is 0 Å². The number of hydrogen-bond donors (Lipinski definition) is 1. The second kappa shape index (κ2) is 7.25. The third-order valence-corrected chi connectivity index (χ3v) is 2.16. The molecule has 0 spiro atoms. The van der Waals surface area contributed by atoms with E-state index in [4.69, 9.17) is 0 Å². The van der Waals surface area contributed by atoms with Crippen molar-refractivity contribution in [3.05, 3.63) is 0 Å². The van der Waals surface area contributed by atoms with Gasteiger partial charge in [-0.15, -0.1) is 0 Å². The molecule has 0 aliphatic heterocycles. The molecule has 0 fully saturated rings. The normalized spacial score (nSPS) is 11.1. The Bertz CT molecular complexity index is 64.6. The van der Waals surface area contributed by atoms with Gasteiger partial charge < -0.3 is 5.32 Å². The second-order valence-corrected chi connectivity index (χ2v) is 3.46. The molecule has 0 amide bonds. The van der Waals surface area contributed by atoms with Crippen LogP contribution in [0.1, 0.15) is 13.8 Å². The Kier molecular flexibility index (Phi) is 7.35. The zero-order chi connectivity index (χ0) is 7.82. The van der Waals surface area contributed by atoms with Crippen molar-refractivity contribution < 1.29 is 0 Å². The summed E-state index contributed by atoms with van der Waals surface area (Å²) in [6, 6.07) is 1.36. The molecule has 0 aliphatic carbocycles. The first kappa shape index (κ1) is 10.1. The lowest BCUT2D eigenvalue weighted by Crippen LogP contribution is -2.34. The minimum absolute atomic E-state index is 1.06. The first-order valence-corrected chi connectivity index (χ1v) is 5.69. The van der Waals surface area contributed by atoms with Crippen LogP contribution in [0.3, 0.4) is 0 Å². The Morgan fingerprint density at radius 2 is 1.90 bits per heavy atom. The molecule has 0 bridgehead atoms. The van der Waals surface area contributed by atoms with Crippen LogP contribution >= 0.6 is 0 Å². The minimum Gasteiger partial charge on any atom is -0.305 e. The van der Waals surface area contributed by atoms with Crippen molar-refractivity contribution in [3.8, 4) is 0 Å². The molecule has 62 valence electrons. The summed E-state index contributed by atoms with van der Waals surface area (Å²) in [5.74, 6) is 0. The molecule has 10 heavy (non-hydrogen) atoms.